The zero-order chi connectivity index (χ0) is 15.1. The Bertz CT molecular complexity index is 815. The van der Waals surface area contributed by atoms with Crippen LogP contribution in [0.4, 0.5) is 5.13 Å². The van der Waals surface area contributed by atoms with Gasteiger partial charge in [-0.3, -0.25) is 0 Å². The van der Waals surface area contributed by atoms with E-state index < -0.39 is 0 Å². The second-order valence-corrected chi connectivity index (χ2v) is 6.40. The van der Waals surface area contributed by atoms with E-state index in [1.165, 1.54) is 11.1 Å². The molecule has 1 aromatic carbocycles. The molecule has 0 amide bonds. The summed E-state index contributed by atoms with van der Waals surface area (Å²) in [4.78, 5) is 7.67. The molecule has 1 N–H and O–H groups in total. The number of rotatable bonds is 2. The summed E-state index contributed by atoms with van der Waals surface area (Å²) in [6.07, 6.45) is 5.17. The Hall–Kier alpha value is -2.34. The molecule has 0 saturated carbocycles. The molecule has 0 spiro atoms. The number of aromatic hydroxyl groups is 1. The fourth-order valence-electron chi connectivity index (χ4n) is 2.71. The molecule has 0 unspecified atom stereocenters. The Balaban J connectivity index is 1.54. The van der Waals surface area contributed by atoms with Crippen LogP contribution in [0.15, 0.2) is 36.5 Å². The van der Waals surface area contributed by atoms with Crippen LogP contribution in [0.1, 0.15) is 17.7 Å². The van der Waals surface area contributed by atoms with Crippen molar-refractivity contribution in [1.29, 1.82) is 0 Å². The van der Waals surface area contributed by atoms with Gasteiger partial charge in [0.05, 0.1) is 11.9 Å². The summed E-state index contributed by atoms with van der Waals surface area (Å²) in [6, 6.07) is 7.41. The summed E-state index contributed by atoms with van der Waals surface area (Å²) in [5.41, 5.74) is 3.51. The maximum absolute atomic E-state index is 9.37. The fourth-order valence-corrected chi connectivity index (χ4v) is 3.67. The molecule has 6 heteroatoms. The quantitative estimate of drug-likeness (QED) is 0.790. The topological polar surface area (TPSA) is 53.7 Å². The van der Waals surface area contributed by atoms with Crippen LogP contribution in [0.25, 0.3) is 10.5 Å². The van der Waals surface area contributed by atoms with Gasteiger partial charge >= 0.3 is 0 Å². The third-order valence-corrected chi connectivity index (χ3v) is 4.85. The van der Waals surface area contributed by atoms with E-state index in [2.05, 4.69) is 21.1 Å². The lowest BCUT2D eigenvalue weighted by atomic mass is 10.00. The number of hydrogen-bond acceptors (Lipinski definition) is 5. The molecule has 0 radical (unpaired) electrons. The first-order chi connectivity index (χ1) is 10.7. The summed E-state index contributed by atoms with van der Waals surface area (Å²) in [6.45, 7) is 3.78. The van der Waals surface area contributed by atoms with Crippen LogP contribution in [-0.2, 0) is 0 Å². The van der Waals surface area contributed by atoms with Crippen molar-refractivity contribution in [1.82, 2.24) is 14.6 Å². The first kappa shape index (κ1) is 13.3. The van der Waals surface area contributed by atoms with Crippen LogP contribution in [0.2, 0.25) is 0 Å². The number of aryl methyl sites for hydroxylation is 1. The maximum Gasteiger partial charge on any atom is 0.214 e. The average Bonchev–Trinajstić information content (AvgIpc) is 3.05. The molecule has 0 bridgehead atoms. The number of phenolic OH excluding ortho intramolecular Hbond substituents is 1. The predicted molar refractivity (Wildman–Crippen MR) is 88.5 cm³/mol. The van der Waals surface area contributed by atoms with Gasteiger partial charge in [-0.1, -0.05) is 29.5 Å². The van der Waals surface area contributed by atoms with Crippen molar-refractivity contribution >= 4 is 27.0 Å². The Labute approximate surface area is 132 Å². The minimum Gasteiger partial charge on any atom is -0.508 e. The SMILES string of the molecule is Cc1cn2nc(N3CC=C(c4ccc(O)cc4)CC3)sc2n1. The molecule has 4 rings (SSSR count). The molecule has 112 valence electrons. The molecular weight excluding hydrogens is 296 g/mol. The highest BCUT2D eigenvalue weighted by molar-refractivity contribution is 7.20. The number of hydrogen-bond donors (Lipinski definition) is 1. The number of phenols is 1. The number of fused-ring (bicyclic) bond motifs is 1. The zero-order valence-electron chi connectivity index (χ0n) is 12.2. The standard InChI is InChI=1S/C16H16N4OS/c1-11-10-20-15(17-11)22-16(18-20)19-8-6-13(7-9-19)12-2-4-14(21)5-3-12/h2-6,10,21H,7-9H2,1H3. The van der Waals surface area contributed by atoms with Gasteiger partial charge in [-0.25, -0.2) is 9.50 Å². The summed E-state index contributed by atoms with van der Waals surface area (Å²) >= 11 is 1.63. The summed E-state index contributed by atoms with van der Waals surface area (Å²) in [5.74, 6) is 0.309. The van der Waals surface area contributed by atoms with Gasteiger partial charge in [0.1, 0.15) is 5.75 Å². The molecule has 3 aromatic rings. The van der Waals surface area contributed by atoms with Crippen LogP contribution in [0, 0.1) is 6.92 Å². The monoisotopic (exact) mass is 312 g/mol. The molecule has 5 nitrogen and oxygen atoms in total. The number of imidazole rings is 1. The van der Waals surface area contributed by atoms with Crippen molar-refractivity contribution in [3.8, 4) is 5.75 Å². The molecule has 0 aliphatic carbocycles. The highest BCUT2D eigenvalue weighted by Gasteiger charge is 2.17. The smallest absolute Gasteiger partial charge is 0.214 e. The Morgan fingerprint density at radius 2 is 2.05 bits per heavy atom. The minimum absolute atomic E-state index is 0.309. The third-order valence-electron chi connectivity index (χ3n) is 3.87. The van der Waals surface area contributed by atoms with Crippen molar-refractivity contribution in [3.05, 3.63) is 47.8 Å². The van der Waals surface area contributed by atoms with Crippen LogP contribution in [0.5, 0.6) is 5.75 Å². The van der Waals surface area contributed by atoms with Gasteiger partial charge < -0.3 is 10.0 Å². The zero-order valence-corrected chi connectivity index (χ0v) is 13.0. The average molecular weight is 312 g/mol. The van der Waals surface area contributed by atoms with Crippen LogP contribution in [-0.4, -0.2) is 32.8 Å². The number of anilines is 1. The fraction of sp³-hybridized carbons (Fsp3) is 0.250. The first-order valence-corrected chi connectivity index (χ1v) is 8.07. The minimum atomic E-state index is 0.309. The van der Waals surface area contributed by atoms with E-state index in [-0.39, 0.29) is 0 Å². The molecule has 0 saturated heterocycles. The predicted octanol–water partition coefficient (Wildman–Crippen LogP) is 3.10. The van der Waals surface area contributed by atoms with Crippen molar-refractivity contribution in [2.45, 2.75) is 13.3 Å². The lowest BCUT2D eigenvalue weighted by molar-refractivity contribution is 0.475. The van der Waals surface area contributed by atoms with Gasteiger partial charge in [-0.15, -0.1) is 5.10 Å². The number of benzene rings is 1. The molecular formula is C16H16N4OS. The molecule has 1 aliphatic heterocycles. The molecule has 2 aromatic heterocycles. The first-order valence-electron chi connectivity index (χ1n) is 7.25. The highest BCUT2D eigenvalue weighted by Crippen LogP contribution is 2.29. The summed E-state index contributed by atoms with van der Waals surface area (Å²) < 4.78 is 1.86. The van der Waals surface area contributed by atoms with Crippen LogP contribution in [0.3, 0.4) is 0 Å². The van der Waals surface area contributed by atoms with E-state index in [0.717, 1.165) is 35.3 Å². The van der Waals surface area contributed by atoms with Gasteiger partial charge in [0.25, 0.3) is 0 Å². The van der Waals surface area contributed by atoms with E-state index >= 15 is 0 Å². The van der Waals surface area contributed by atoms with Gasteiger partial charge in [0.15, 0.2) is 0 Å². The van der Waals surface area contributed by atoms with Crippen molar-refractivity contribution in [3.63, 3.8) is 0 Å². The lowest BCUT2D eigenvalue weighted by Gasteiger charge is -2.25. The number of nitrogens with zero attached hydrogens (tertiary/aromatic N) is 4. The molecule has 0 fully saturated rings. The van der Waals surface area contributed by atoms with Crippen molar-refractivity contribution in [2.24, 2.45) is 0 Å². The highest BCUT2D eigenvalue weighted by atomic mass is 32.1. The largest absolute Gasteiger partial charge is 0.508 e. The summed E-state index contributed by atoms with van der Waals surface area (Å²) in [5, 5.41) is 15.0. The molecule has 0 atom stereocenters. The van der Waals surface area contributed by atoms with Crippen molar-refractivity contribution < 1.29 is 5.11 Å². The second kappa shape index (κ2) is 5.14. The molecule has 1 aliphatic rings. The maximum atomic E-state index is 9.37. The third kappa shape index (κ3) is 2.35. The van der Waals surface area contributed by atoms with Gasteiger partial charge in [0, 0.05) is 13.1 Å². The van der Waals surface area contributed by atoms with Crippen LogP contribution < -0.4 is 4.90 Å². The number of aromatic nitrogens is 3. The normalized spacial score (nSPS) is 15.3. The van der Waals surface area contributed by atoms with Gasteiger partial charge in [-0.2, -0.15) is 0 Å². The van der Waals surface area contributed by atoms with Gasteiger partial charge in [-0.05, 0) is 36.6 Å². The van der Waals surface area contributed by atoms with E-state index in [0.29, 0.717) is 5.75 Å². The van der Waals surface area contributed by atoms with E-state index in [9.17, 15) is 5.11 Å². The van der Waals surface area contributed by atoms with E-state index in [1.807, 2.05) is 29.8 Å². The Morgan fingerprint density at radius 3 is 2.73 bits per heavy atom. The Morgan fingerprint density at radius 1 is 1.23 bits per heavy atom. The van der Waals surface area contributed by atoms with Gasteiger partial charge in [0.2, 0.25) is 10.1 Å². The molecule has 22 heavy (non-hydrogen) atoms. The second-order valence-electron chi connectivity index (χ2n) is 5.47. The Kier molecular flexibility index (Phi) is 3.11. The molecule has 3 heterocycles. The lowest BCUT2D eigenvalue weighted by Crippen LogP contribution is -2.28. The van der Waals surface area contributed by atoms with Crippen LogP contribution >= 0.6 is 11.3 Å². The summed E-state index contributed by atoms with van der Waals surface area (Å²) in [7, 11) is 0. The van der Waals surface area contributed by atoms with Crippen molar-refractivity contribution in [2.75, 3.05) is 18.0 Å². The van der Waals surface area contributed by atoms with E-state index in [4.69, 9.17) is 0 Å². The van der Waals surface area contributed by atoms with E-state index in [1.54, 1.807) is 23.5 Å².